The van der Waals surface area contributed by atoms with Crippen molar-refractivity contribution in [1.29, 1.82) is 0 Å². The number of aliphatic carboxylic acids is 1. The molecule has 0 spiro atoms. The Labute approximate surface area is 112 Å². The molecule has 0 saturated carbocycles. The maximum absolute atomic E-state index is 11.6. The van der Waals surface area contributed by atoms with Gasteiger partial charge in [-0.25, -0.2) is 9.59 Å². The number of benzene rings is 1. The molecule has 1 aromatic rings. The first-order valence-electron chi connectivity index (χ1n) is 6.08. The summed E-state index contributed by atoms with van der Waals surface area (Å²) in [6.07, 6.45) is 4.53. The quantitative estimate of drug-likeness (QED) is 0.542. The number of carboxylic acids is 1. The molecule has 5 heteroatoms. The predicted octanol–water partition coefficient (Wildman–Crippen LogP) is 2.08. The van der Waals surface area contributed by atoms with Crippen LogP contribution in [0.5, 0.6) is 0 Å². The smallest absolute Gasteiger partial charge is 0.330 e. The number of urea groups is 1. The van der Waals surface area contributed by atoms with E-state index in [0.29, 0.717) is 18.5 Å². The van der Waals surface area contributed by atoms with Crippen LogP contribution in [0.25, 0.3) is 0 Å². The van der Waals surface area contributed by atoms with Crippen molar-refractivity contribution in [1.82, 2.24) is 10.6 Å². The number of nitrogens with one attached hydrogen (secondary N) is 2. The van der Waals surface area contributed by atoms with Gasteiger partial charge in [0.2, 0.25) is 0 Å². The van der Waals surface area contributed by atoms with Crippen molar-refractivity contribution in [3.63, 3.8) is 0 Å². The fourth-order valence-corrected chi connectivity index (χ4v) is 1.55. The highest BCUT2D eigenvalue weighted by atomic mass is 16.4. The monoisotopic (exact) mass is 262 g/mol. The average Bonchev–Trinajstić information content (AvgIpc) is 2.41. The van der Waals surface area contributed by atoms with Gasteiger partial charge >= 0.3 is 12.0 Å². The van der Waals surface area contributed by atoms with Crippen molar-refractivity contribution >= 4 is 12.0 Å². The summed E-state index contributed by atoms with van der Waals surface area (Å²) in [5.41, 5.74) is 0.540. The summed E-state index contributed by atoms with van der Waals surface area (Å²) < 4.78 is 0. The van der Waals surface area contributed by atoms with Crippen molar-refractivity contribution in [3.8, 4) is 0 Å². The largest absolute Gasteiger partial charge is 0.479 e. The first kappa shape index (κ1) is 14.8. The van der Waals surface area contributed by atoms with Crippen LogP contribution in [0.3, 0.4) is 0 Å². The van der Waals surface area contributed by atoms with Gasteiger partial charge in [0.1, 0.15) is 0 Å². The molecule has 1 aromatic carbocycles. The maximum atomic E-state index is 11.6. The molecule has 0 aliphatic heterocycles. The molecule has 0 heterocycles. The van der Waals surface area contributed by atoms with E-state index in [2.05, 4.69) is 10.6 Å². The number of hydrogen-bond acceptors (Lipinski definition) is 2. The molecule has 0 saturated heterocycles. The van der Waals surface area contributed by atoms with Crippen molar-refractivity contribution in [2.24, 2.45) is 0 Å². The van der Waals surface area contributed by atoms with E-state index >= 15 is 0 Å². The number of carboxylic acid groups (broad SMARTS) is 1. The van der Waals surface area contributed by atoms with Gasteiger partial charge in [-0.1, -0.05) is 42.5 Å². The molecular formula is C14H18N2O3. The first-order valence-corrected chi connectivity index (χ1v) is 6.08. The topological polar surface area (TPSA) is 78.4 Å². The molecule has 0 aliphatic rings. The normalized spacial score (nSPS) is 12.1. The molecule has 0 fully saturated rings. The lowest BCUT2D eigenvalue weighted by molar-refractivity contribution is -0.139. The van der Waals surface area contributed by atoms with E-state index in [4.69, 9.17) is 5.11 Å². The highest BCUT2D eigenvalue weighted by Crippen LogP contribution is 2.12. The van der Waals surface area contributed by atoms with Gasteiger partial charge in [0.05, 0.1) is 0 Å². The fourth-order valence-electron chi connectivity index (χ4n) is 1.55. The molecule has 1 atom stereocenters. The van der Waals surface area contributed by atoms with Gasteiger partial charge in [-0.2, -0.15) is 0 Å². The zero-order valence-electron chi connectivity index (χ0n) is 10.8. The Morgan fingerprint density at radius 3 is 2.58 bits per heavy atom. The van der Waals surface area contributed by atoms with E-state index in [1.807, 2.05) is 19.1 Å². The molecule has 5 nitrogen and oxygen atoms in total. The van der Waals surface area contributed by atoms with Crippen LogP contribution in [-0.2, 0) is 4.79 Å². The van der Waals surface area contributed by atoms with Crippen LogP contribution in [0.15, 0.2) is 42.5 Å². The Hall–Kier alpha value is -2.30. The zero-order valence-corrected chi connectivity index (χ0v) is 10.8. The summed E-state index contributed by atoms with van der Waals surface area (Å²) in [5, 5.41) is 14.2. The molecule has 0 bridgehead atoms. The Morgan fingerprint density at radius 1 is 1.32 bits per heavy atom. The minimum atomic E-state index is -1.09. The predicted molar refractivity (Wildman–Crippen MR) is 72.8 cm³/mol. The standard InChI is InChI=1S/C14H18N2O3/c1-2-3-7-10-15-14(19)16-12(13(17)18)11-8-5-4-6-9-11/h2-6,8-9,12H,7,10H2,1H3,(H,17,18)(H2,15,16,19)/b3-2+/t12-/m0/s1. The average molecular weight is 262 g/mol. The van der Waals surface area contributed by atoms with Gasteiger partial charge in [-0.05, 0) is 18.9 Å². The zero-order chi connectivity index (χ0) is 14.1. The number of hydrogen-bond donors (Lipinski definition) is 3. The van der Waals surface area contributed by atoms with E-state index in [0.717, 1.165) is 0 Å². The Balaban J connectivity index is 2.55. The molecule has 19 heavy (non-hydrogen) atoms. The number of rotatable bonds is 6. The van der Waals surface area contributed by atoms with E-state index in [-0.39, 0.29) is 0 Å². The molecular weight excluding hydrogens is 244 g/mol. The number of carbonyl (C=O) groups is 2. The van der Waals surface area contributed by atoms with Crippen LogP contribution >= 0.6 is 0 Å². The van der Waals surface area contributed by atoms with Gasteiger partial charge < -0.3 is 15.7 Å². The van der Waals surface area contributed by atoms with Crippen LogP contribution in [0.2, 0.25) is 0 Å². The maximum Gasteiger partial charge on any atom is 0.330 e. The van der Waals surface area contributed by atoms with Crippen LogP contribution in [0.1, 0.15) is 24.9 Å². The van der Waals surface area contributed by atoms with E-state index in [1.54, 1.807) is 30.3 Å². The third-order valence-electron chi connectivity index (χ3n) is 2.49. The summed E-state index contributed by atoms with van der Waals surface area (Å²) in [7, 11) is 0. The van der Waals surface area contributed by atoms with Crippen LogP contribution in [0, 0.1) is 0 Å². The third-order valence-corrected chi connectivity index (χ3v) is 2.49. The second-order valence-corrected chi connectivity index (χ2v) is 3.94. The second-order valence-electron chi connectivity index (χ2n) is 3.94. The highest BCUT2D eigenvalue weighted by Gasteiger charge is 2.21. The van der Waals surface area contributed by atoms with Crippen molar-refractivity contribution in [2.45, 2.75) is 19.4 Å². The van der Waals surface area contributed by atoms with Gasteiger partial charge in [0.25, 0.3) is 0 Å². The summed E-state index contributed by atoms with van der Waals surface area (Å²) in [6, 6.07) is 7.06. The van der Waals surface area contributed by atoms with E-state index < -0.39 is 18.0 Å². The Bertz CT molecular complexity index is 443. The molecule has 3 N–H and O–H groups in total. The van der Waals surface area contributed by atoms with Crippen molar-refractivity contribution in [3.05, 3.63) is 48.0 Å². The number of amides is 2. The second kappa shape index (κ2) is 7.92. The van der Waals surface area contributed by atoms with Gasteiger partial charge in [-0.15, -0.1) is 0 Å². The lowest BCUT2D eigenvalue weighted by Gasteiger charge is -2.15. The summed E-state index contributed by atoms with van der Waals surface area (Å²) in [6.45, 7) is 2.37. The van der Waals surface area contributed by atoms with Crippen LogP contribution in [-0.4, -0.2) is 23.7 Å². The molecule has 1 rings (SSSR count). The summed E-state index contributed by atoms with van der Waals surface area (Å²) in [4.78, 5) is 22.7. The van der Waals surface area contributed by atoms with Crippen LogP contribution in [0.4, 0.5) is 4.79 Å². The number of allylic oxidation sites excluding steroid dienone is 1. The SMILES string of the molecule is C/C=C/CCNC(=O)N[C@H](C(=O)O)c1ccccc1. The molecule has 102 valence electrons. The molecule has 0 aromatic heterocycles. The van der Waals surface area contributed by atoms with E-state index in [9.17, 15) is 9.59 Å². The first-order chi connectivity index (χ1) is 9.15. The van der Waals surface area contributed by atoms with Crippen molar-refractivity contribution < 1.29 is 14.7 Å². The van der Waals surface area contributed by atoms with Crippen LogP contribution < -0.4 is 10.6 Å². The summed E-state index contributed by atoms with van der Waals surface area (Å²) in [5.74, 6) is -1.09. The molecule has 0 unspecified atom stereocenters. The lowest BCUT2D eigenvalue weighted by Crippen LogP contribution is -2.41. The van der Waals surface area contributed by atoms with Crippen molar-refractivity contribution in [2.75, 3.05) is 6.54 Å². The van der Waals surface area contributed by atoms with E-state index in [1.165, 1.54) is 0 Å². The fraction of sp³-hybridized carbons (Fsp3) is 0.286. The molecule has 0 aliphatic carbocycles. The summed E-state index contributed by atoms with van der Waals surface area (Å²) >= 11 is 0. The Kier molecular flexibility index (Phi) is 6.15. The lowest BCUT2D eigenvalue weighted by atomic mass is 10.1. The highest BCUT2D eigenvalue weighted by molar-refractivity contribution is 5.83. The Morgan fingerprint density at radius 2 is 2.00 bits per heavy atom. The van der Waals surface area contributed by atoms with Gasteiger partial charge in [0.15, 0.2) is 6.04 Å². The molecule has 0 radical (unpaired) electrons. The third kappa shape index (κ3) is 5.25. The minimum Gasteiger partial charge on any atom is -0.479 e. The minimum absolute atomic E-state index is 0.470. The van der Waals surface area contributed by atoms with Gasteiger partial charge in [0, 0.05) is 6.54 Å². The molecule has 2 amide bonds. The van der Waals surface area contributed by atoms with Gasteiger partial charge in [-0.3, -0.25) is 0 Å². The number of carbonyl (C=O) groups excluding carboxylic acids is 1.